The van der Waals surface area contributed by atoms with Gasteiger partial charge < -0.3 is 19.7 Å². The van der Waals surface area contributed by atoms with E-state index in [-0.39, 0.29) is 36.3 Å². The summed E-state index contributed by atoms with van der Waals surface area (Å²) in [6.07, 6.45) is 1.86. The highest BCUT2D eigenvalue weighted by molar-refractivity contribution is 7.18. The fraction of sp³-hybridized carbons (Fsp3) is 0.235. The number of hydrogen-bond acceptors (Lipinski definition) is 7. The molecule has 5 aromatic rings. The predicted molar refractivity (Wildman–Crippen MR) is 171 cm³/mol. The number of pyridine rings is 1. The number of fused-ring (bicyclic) bond motifs is 3. The van der Waals surface area contributed by atoms with Crippen LogP contribution in [0.3, 0.4) is 0 Å². The topological polar surface area (TPSA) is 98.6 Å². The number of aromatic nitrogens is 3. The lowest BCUT2D eigenvalue weighted by atomic mass is 9.95. The molecule has 3 aromatic heterocycles. The van der Waals surface area contributed by atoms with Crippen LogP contribution < -0.4 is 10.1 Å². The summed E-state index contributed by atoms with van der Waals surface area (Å²) in [5.41, 5.74) is 5.25. The Morgan fingerprint density at radius 2 is 1.96 bits per heavy atom. The zero-order valence-electron chi connectivity index (χ0n) is 24.9. The van der Waals surface area contributed by atoms with Crippen molar-refractivity contribution in [3.8, 4) is 39.5 Å². The summed E-state index contributed by atoms with van der Waals surface area (Å²) in [4.78, 5) is 31.4. The molecule has 234 valence electrons. The largest absolute Gasteiger partial charge is 0.490 e. The van der Waals surface area contributed by atoms with E-state index in [4.69, 9.17) is 19.6 Å². The van der Waals surface area contributed by atoms with Gasteiger partial charge in [0.1, 0.15) is 35.4 Å². The fourth-order valence-corrected chi connectivity index (χ4v) is 7.02. The van der Waals surface area contributed by atoms with Gasteiger partial charge in [-0.15, -0.1) is 11.3 Å². The van der Waals surface area contributed by atoms with Gasteiger partial charge >= 0.3 is 0 Å². The van der Waals surface area contributed by atoms with Crippen LogP contribution in [0.2, 0.25) is 0 Å². The lowest BCUT2D eigenvalue weighted by Crippen LogP contribution is -2.32. The van der Waals surface area contributed by atoms with Crippen molar-refractivity contribution in [2.24, 2.45) is 0 Å². The van der Waals surface area contributed by atoms with Crippen molar-refractivity contribution < 1.29 is 27.8 Å². The smallest absolute Gasteiger partial charge is 0.251 e. The number of nitrogens with zero attached hydrogens (tertiary/aromatic N) is 4. The van der Waals surface area contributed by atoms with Crippen LogP contribution in [0.5, 0.6) is 5.75 Å². The van der Waals surface area contributed by atoms with Gasteiger partial charge in [0, 0.05) is 77.8 Å². The quantitative estimate of drug-likeness (QED) is 0.175. The van der Waals surface area contributed by atoms with Crippen LogP contribution in [-0.2, 0) is 29.0 Å². The first-order valence-electron chi connectivity index (χ1n) is 14.8. The maximum Gasteiger partial charge on any atom is 0.251 e. The molecule has 0 fully saturated rings. The van der Waals surface area contributed by atoms with Crippen LogP contribution >= 0.6 is 11.3 Å². The molecule has 2 aliphatic rings. The van der Waals surface area contributed by atoms with E-state index in [2.05, 4.69) is 11.9 Å². The van der Waals surface area contributed by atoms with Crippen molar-refractivity contribution in [2.75, 3.05) is 33.4 Å². The molecule has 5 heterocycles. The van der Waals surface area contributed by atoms with E-state index in [1.807, 2.05) is 34.3 Å². The Hall–Kier alpha value is -4.94. The van der Waals surface area contributed by atoms with Crippen molar-refractivity contribution in [2.45, 2.75) is 19.5 Å². The second-order valence-corrected chi connectivity index (χ2v) is 11.9. The fourth-order valence-electron chi connectivity index (χ4n) is 6.08. The summed E-state index contributed by atoms with van der Waals surface area (Å²) in [5, 5.41) is 10.4. The highest BCUT2D eigenvalue weighted by atomic mass is 32.1. The lowest BCUT2D eigenvalue weighted by molar-refractivity contribution is -0.126. The summed E-state index contributed by atoms with van der Waals surface area (Å²) in [6.45, 7) is 5.75. The number of rotatable bonds is 8. The predicted octanol–water partition coefficient (Wildman–Crippen LogP) is 5.61. The number of thiophene rings is 1. The molecule has 2 amide bonds. The summed E-state index contributed by atoms with van der Waals surface area (Å²) in [6, 6.07) is 11.4. The summed E-state index contributed by atoms with van der Waals surface area (Å²) < 4.78 is 44.2. The average Bonchev–Trinajstić information content (AvgIpc) is 3.76. The number of halogens is 2. The molecule has 2 aliphatic heterocycles. The summed E-state index contributed by atoms with van der Waals surface area (Å²) in [7, 11) is 1.52. The lowest BCUT2D eigenvalue weighted by Gasteiger charge is -2.18. The molecule has 46 heavy (non-hydrogen) atoms. The first-order valence-corrected chi connectivity index (χ1v) is 15.7. The number of carbonyl (C=O) groups excluding carboxylic acids is 2. The van der Waals surface area contributed by atoms with Gasteiger partial charge in [0.05, 0.1) is 24.4 Å². The van der Waals surface area contributed by atoms with E-state index in [1.165, 1.54) is 30.6 Å². The van der Waals surface area contributed by atoms with Crippen LogP contribution in [0.25, 0.3) is 43.9 Å². The molecular formula is C34H29F2N5O4S. The Labute approximate surface area is 267 Å². The van der Waals surface area contributed by atoms with E-state index >= 15 is 4.39 Å². The molecule has 0 aliphatic carbocycles. The van der Waals surface area contributed by atoms with Gasteiger partial charge in [-0.3, -0.25) is 14.3 Å². The maximum absolute atomic E-state index is 16.0. The van der Waals surface area contributed by atoms with Crippen LogP contribution in [0.4, 0.5) is 8.78 Å². The normalized spacial score (nSPS) is 14.2. The molecule has 0 unspecified atom stereocenters. The molecule has 0 bridgehead atoms. The standard InChI is InChI=1S/C34H29F2N5O4S/c1-3-28(42)40-8-6-22-17-26(39-41(22)10-9-40)32-30(29-25(36)15-21(35)16-27(29)45-12-11-44-2)33-24(7-13-46-33)31(38-32)19-4-5-23-20(14-19)18-37-34(23)43/h3-5,7,13-17H,1,6,8-12,18H2,2H3,(H,37,43). The van der Waals surface area contributed by atoms with Crippen LogP contribution in [-0.4, -0.2) is 64.9 Å². The number of nitrogens with one attached hydrogen (secondary N) is 1. The third kappa shape index (κ3) is 5.23. The Kier molecular flexibility index (Phi) is 7.83. The van der Waals surface area contributed by atoms with Gasteiger partial charge in [0.15, 0.2) is 0 Å². The van der Waals surface area contributed by atoms with Gasteiger partial charge in [0.25, 0.3) is 5.91 Å². The molecule has 0 saturated heterocycles. The van der Waals surface area contributed by atoms with E-state index in [9.17, 15) is 14.0 Å². The van der Waals surface area contributed by atoms with E-state index in [1.54, 1.807) is 11.0 Å². The van der Waals surface area contributed by atoms with Crippen LogP contribution in [0, 0.1) is 11.6 Å². The van der Waals surface area contributed by atoms with Gasteiger partial charge in [-0.2, -0.15) is 5.10 Å². The van der Waals surface area contributed by atoms with Crippen LogP contribution in [0.1, 0.15) is 21.6 Å². The first kappa shape index (κ1) is 29.8. The third-order valence-corrected chi connectivity index (χ3v) is 9.23. The zero-order valence-corrected chi connectivity index (χ0v) is 25.8. The SMILES string of the molecule is C=CC(=O)N1CCc2cc(-c3nc(-c4ccc5c(c4)CNC5=O)c4ccsc4c3-c3c(F)cc(F)cc3OCCOC)nn2CC1. The minimum Gasteiger partial charge on any atom is -0.490 e. The van der Waals surface area contributed by atoms with E-state index in [0.717, 1.165) is 33.0 Å². The Balaban J connectivity index is 1.45. The van der Waals surface area contributed by atoms with Crippen molar-refractivity contribution in [3.05, 3.63) is 89.0 Å². The number of amides is 2. The molecule has 1 N–H and O–H groups in total. The number of benzene rings is 2. The number of methoxy groups -OCH3 is 1. The third-order valence-electron chi connectivity index (χ3n) is 8.30. The molecule has 0 spiro atoms. The molecule has 0 atom stereocenters. The average molecular weight is 642 g/mol. The second kappa shape index (κ2) is 12.1. The Morgan fingerprint density at radius 3 is 2.78 bits per heavy atom. The van der Waals surface area contributed by atoms with Gasteiger partial charge in [-0.25, -0.2) is 13.8 Å². The molecule has 12 heteroatoms. The van der Waals surface area contributed by atoms with Crippen molar-refractivity contribution in [1.29, 1.82) is 0 Å². The number of hydrogen-bond donors (Lipinski definition) is 1. The Morgan fingerprint density at radius 1 is 1.09 bits per heavy atom. The van der Waals surface area contributed by atoms with E-state index in [0.29, 0.717) is 60.8 Å². The molecule has 0 saturated carbocycles. The number of carbonyl (C=O) groups is 2. The summed E-state index contributed by atoms with van der Waals surface area (Å²) in [5.74, 6) is -1.79. The zero-order chi connectivity index (χ0) is 31.9. The van der Waals surface area contributed by atoms with E-state index < -0.39 is 11.6 Å². The highest BCUT2D eigenvalue weighted by Gasteiger charge is 2.28. The Bertz CT molecular complexity index is 2010. The minimum atomic E-state index is -0.792. The van der Waals surface area contributed by atoms with Gasteiger partial charge in [-0.1, -0.05) is 12.6 Å². The molecule has 9 nitrogen and oxygen atoms in total. The minimum absolute atomic E-state index is 0.0292. The maximum atomic E-state index is 16.0. The van der Waals surface area contributed by atoms with Gasteiger partial charge in [0.2, 0.25) is 5.91 Å². The molecule has 2 aromatic carbocycles. The van der Waals surface area contributed by atoms with Gasteiger partial charge in [-0.05, 0) is 41.3 Å². The molecular weight excluding hydrogens is 612 g/mol. The van der Waals surface area contributed by atoms with Crippen molar-refractivity contribution in [3.63, 3.8) is 0 Å². The second-order valence-electron chi connectivity index (χ2n) is 11.0. The van der Waals surface area contributed by atoms with Crippen molar-refractivity contribution in [1.82, 2.24) is 25.0 Å². The van der Waals surface area contributed by atoms with Crippen molar-refractivity contribution >= 4 is 33.2 Å². The molecule has 7 rings (SSSR count). The summed E-state index contributed by atoms with van der Waals surface area (Å²) >= 11 is 1.41. The number of ether oxygens (including phenoxy) is 2. The first-order chi connectivity index (χ1) is 22.4. The van der Waals surface area contributed by atoms with Crippen LogP contribution in [0.15, 0.2) is 60.5 Å². The monoisotopic (exact) mass is 641 g/mol. The molecule has 0 radical (unpaired) electrons. The highest BCUT2D eigenvalue weighted by Crippen LogP contribution is 2.47.